The quantitative estimate of drug-likeness (QED) is 0.756. The Bertz CT molecular complexity index is 651. The van der Waals surface area contributed by atoms with Crippen molar-refractivity contribution in [2.45, 2.75) is 33.2 Å². The van der Waals surface area contributed by atoms with E-state index in [2.05, 4.69) is 33.9 Å². The predicted octanol–water partition coefficient (Wildman–Crippen LogP) is 1.22. The fraction of sp³-hybridized carbons (Fsp3) is 0.647. The maximum Gasteiger partial charge on any atom is 0.292 e. The molecule has 2 rings (SSSR count). The summed E-state index contributed by atoms with van der Waals surface area (Å²) in [5.41, 5.74) is 1.82. The number of likely N-dealkylation sites (N-methyl/N-ethyl adjacent to an activating group) is 1. The molecule has 1 aliphatic heterocycles. The van der Waals surface area contributed by atoms with Crippen molar-refractivity contribution in [1.29, 1.82) is 5.26 Å². The lowest BCUT2D eigenvalue weighted by Crippen LogP contribution is -2.34. The summed E-state index contributed by atoms with van der Waals surface area (Å²) in [6, 6.07) is 2.51. The van der Waals surface area contributed by atoms with Crippen LogP contribution in [-0.4, -0.2) is 72.0 Å². The number of hydrogen-bond acceptors (Lipinski definition) is 6. The monoisotopic (exact) mass is 330 g/mol. The van der Waals surface area contributed by atoms with Crippen molar-refractivity contribution >= 4 is 11.7 Å². The second kappa shape index (κ2) is 7.58. The van der Waals surface area contributed by atoms with Crippen LogP contribution in [0.5, 0.6) is 0 Å². The Labute approximate surface area is 143 Å². The van der Waals surface area contributed by atoms with Gasteiger partial charge in [-0.15, -0.1) is 0 Å². The summed E-state index contributed by atoms with van der Waals surface area (Å²) in [4.78, 5) is 27.4. The van der Waals surface area contributed by atoms with Crippen molar-refractivity contribution in [2.75, 3.05) is 45.2 Å². The third-order valence-electron chi connectivity index (χ3n) is 4.68. The van der Waals surface area contributed by atoms with Crippen LogP contribution in [0.2, 0.25) is 0 Å². The van der Waals surface area contributed by atoms with E-state index in [9.17, 15) is 4.79 Å². The highest BCUT2D eigenvalue weighted by atomic mass is 16.2. The van der Waals surface area contributed by atoms with Gasteiger partial charge in [0.05, 0.1) is 6.07 Å². The molecule has 0 bridgehead atoms. The number of aromatic nitrogens is 2. The smallest absolute Gasteiger partial charge is 0.292 e. The third-order valence-corrected chi connectivity index (χ3v) is 4.68. The van der Waals surface area contributed by atoms with Gasteiger partial charge in [0.15, 0.2) is 0 Å². The Morgan fingerprint density at radius 2 is 2.08 bits per heavy atom. The molecule has 2 heterocycles. The zero-order chi connectivity index (χ0) is 17.9. The first-order chi connectivity index (χ1) is 11.4. The van der Waals surface area contributed by atoms with Crippen LogP contribution in [0.15, 0.2) is 0 Å². The Morgan fingerprint density at radius 3 is 2.62 bits per heavy atom. The van der Waals surface area contributed by atoms with Crippen LogP contribution in [0.3, 0.4) is 0 Å². The van der Waals surface area contributed by atoms with Crippen LogP contribution in [0.25, 0.3) is 0 Å². The predicted molar refractivity (Wildman–Crippen MR) is 93.0 cm³/mol. The van der Waals surface area contributed by atoms with Gasteiger partial charge in [0.2, 0.25) is 5.82 Å². The van der Waals surface area contributed by atoms with Gasteiger partial charge in [0, 0.05) is 36.9 Å². The zero-order valence-electron chi connectivity index (χ0n) is 15.2. The van der Waals surface area contributed by atoms with Crippen LogP contribution in [0, 0.1) is 25.2 Å². The minimum Gasteiger partial charge on any atom is -0.355 e. The number of hydrogen-bond donors (Lipinski definition) is 0. The van der Waals surface area contributed by atoms with E-state index >= 15 is 0 Å². The highest BCUT2D eigenvalue weighted by Gasteiger charge is 2.28. The number of nitriles is 1. The molecule has 0 radical (unpaired) electrons. The van der Waals surface area contributed by atoms with Gasteiger partial charge >= 0.3 is 0 Å². The summed E-state index contributed by atoms with van der Waals surface area (Å²) < 4.78 is 0. The minimum absolute atomic E-state index is 0.0490. The molecule has 0 saturated carbocycles. The molecule has 7 nitrogen and oxygen atoms in total. The van der Waals surface area contributed by atoms with Gasteiger partial charge in [-0.25, -0.2) is 9.97 Å². The van der Waals surface area contributed by atoms with Crippen molar-refractivity contribution in [1.82, 2.24) is 19.8 Å². The average molecular weight is 330 g/mol. The summed E-state index contributed by atoms with van der Waals surface area (Å²) in [7, 11) is 4.17. The number of amides is 1. The molecule has 0 aromatic carbocycles. The molecule has 0 aliphatic carbocycles. The molecule has 7 heteroatoms. The van der Waals surface area contributed by atoms with E-state index in [0.29, 0.717) is 12.6 Å². The number of anilines is 1. The largest absolute Gasteiger partial charge is 0.355 e. The summed E-state index contributed by atoms with van der Waals surface area (Å²) >= 11 is 0. The summed E-state index contributed by atoms with van der Waals surface area (Å²) in [5, 5.41) is 8.87. The number of aryl methyl sites for hydroxylation is 1. The van der Waals surface area contributed by atoms with Crippen LogP contribution >= 0.6 is 0 Å². The van der Waals surface area contributed by atoms with Gasteiger partial charge in [-0.3, -0.25) is 4.79 Å². The lowest BCUT2D eigenvalue weighted by Gasteiger charge is -2.24. The molecule has 0 N–H and O–H groups in total. The first-order valence-electron chi connectivity index (χ1n) is 8.31. The van der Waals surface area contributed by atoms with Gasteiger partial charge in [0.25, 0.3) is 5.91 Å². The minimum atomic E-state index is -0.285. The number of carbonyl (C=O) groups excluding carboxylic acids is 1. The van der Waals surface area contributed by atoms with E-state index in [0.717, 1.165) is 36.6 Å². The van der Waals surface area contributed by atoms with Gasteiger partial charge in [-0.05, 0) is 41.3 Å². The van der Waals surface area contributed by atoms with Crippen molar-refractivity contribution in [3.05, 3.63) is 17.1 Å². The molecular formula is C17H26N6O. The molecule has 1 aliphatic rings. The highest BCUT2D eigenvalue weighted by Crippen LogP contribution is 2.25. The van der Waals surface area contributed by atoms with E-state index in [4.69, 9.17) is 5.26 Å². The van der Waals surface area contributed by atoms with E-state index in [1.165, 1.54) is 4.90 Å². The van der Waals surface area contributed by atoms with E-state index in [-0.39, 0.29) is 18.3 Å². The molecule has 0 unspecified atom stereocenters. The molecule has 1 amide bonds. The van der Waals surface area contributed by atoms with Crippen LogP contribution in [0.4, 0.5) is 5.82 Å². The second-order valence-corrected chi connectivity index (χ2v) is 6.41. The second-order valence-electron chi connectivity index (χ2n) is 6.41. The molecule has 1 atom stereocenters. The molecule has 1 aromatic heterocycles. The summed E-state index contributed by atoms with van der Waals surface area (Å²) in [6.45, 7) is 8.07. The maximum absolute atomic E-state index is 12.6. The molecule has 1 saturated heterocycles. The Hall–Kier alpha value is -2.20. The fourth-order valence-electron chi connectivity index (χ4n) is 2.93. The zero-order valence-corrected chi connectivity index (χ0v) is 15.2. The van der Waals surface area contributed by atoms with Gasteiger partial charge in [-0.2, -0.15) is 5.26 Å². The Morgan fingerprint density at radius 1 is 1.38 bits per heavy atom. The van der Waals surface area contributed by atoms with E-state index in [1.54, 1.807) is 0 Å². The maximum atomic E-state index is 12.6. The number of carbonyl (C=O) groups is 1. The van der Waals surface area contributed by atoms with Crippen LogP contribution in [0.1, 0.15) is 35.2 Å². The van der Waals surface area contributed by atoms with Crippen molar-refractivity contribution in [2.24, 2.45) is 0 Å². The van der Waals surface area contributed by atoms with E-state index < -0.39 is 0 Å². The first kappa shape index (κ1) is 18.1. The third kappa shape index (κ3) is 3.65. The topological polar surface area (TPSA) is 76.4 Å². The van der Waals surface area contributed by atoms with Crippen LogP contribution < -0.4 is 4.90 Å². The highest BCUT2D eigenvalue weighted by molar-refractivity contribution is 5.91. The lowest BCUT2D eigenvalue weighted by molar-refractivity contribution is 0.0771. The molecule has 130 valence electrons. The van der Waals surface area contributed by atoms with E-state index in [1.807, 2.05) is 26.8 Å². The Balaban J connectivity index is 2.32. The fourth-order valence-corrected chi connectivity index (χ4v) is 2.93. The first-order valence-corrected chi connectivity index (χ1v) is 8.31. The molecule has 1 fully saturated rings. The molecule has 24 heavy (non-hydrogen) atoms. The average Bonchev–Trinajstić information content (AvgIpc) is 3.04. The summed E-state index contributed by atoms with van der Waals surface area (Å²) in [6.07, 6.45) is 1.08. The van der Waals surface area contributed by atoms with Crippen molar-refractivity contribution in [3.8, 4) is 6.07 Å². The van der Waals surface area contributed by atoms with Gasteiger partial charge < -0.3 is 14.7 Å². The molecule has 1 aromatic rings. The lowest BCUT2D eigenvalue weighted by atomic mass is 10.2. The SMILES string of the molecule is CCN(CC#N)C(=O)c1nc(C)c(C)c(N2CC[C@@H](N(C)C)C2)n1. The molecule has 0 spiro atoms. The Kier molecular flexibility index (Phi) is 5.73. The van der Waals surface area contributed by atoms with Gasteiger partial charge in [-0.1, -0.05) is 0 Å². The number of rotatable bonds is 5. The molecular weight excluding hydrogens is 304 g/mol. The standard InChI is InChI=1S/C17H26N6O/c1-6-22(10-8-18)17(24)15-19-13(3)12(2)16(20-15)23-9-7-14(11-23)21(4)5/h14H,6-7,9-11H2,1-5H3/t14-/m1/s1. The number of nitrogens with zero attached hydrogens (tertiary/aromatic N) is 6. The van der Waals surface area contributed by atoms with Gasteiger partial charge in [0.1, 0.15) is 12.4 Å². The van der Waals surface area contributed by atoms with Crippen LogP contribution in [-0.2, 0) is 0 Å². The summed E-state index contributed by atoms with van der Waals surface area (Å²) in [5.74, 6) is 0.730. The van der Waals surface area contributed by atoms with Crippen molar-refractivity contribution in [3.63, 3.8) is 0 Å². The normalized spacial score (nSPS) is 17.2. The van der Waals surface area contributed by atoms with Crippen molar-refractivity contribution < 1.29 is 4.79 Å².